The minimum Gasteiger partial charge on any atom is -0.507 e. The molecule has 6 nitrogen and oxygen atoms in total. The molecule has 3 aromatic rings. The van der Waals surface area contributed by atoms with E-state index < -0.39 is 17.7 Å². The largest absolute Gasteiger partial charge is 0.507 e. The van der Waals surface area contributed by atoms with E-state index in [9.17, 15) is 14.7 Å². The SMILES string of the molecule is CSc1nsc(N2C(=O)C(=O)/C(=C(/O)c3ccccc3)C2c2ccc(Cl)cc2)n1. The van der Waals surface area contributed by atoms with Gasteiger partial charge in [0.2, 0.25) is 10.3 Å². The average molecular weight is 444 g/mol. The highest BCUT2D eigenvalue weighted by Crippen LogP contribution is 2.43. The fourth-order valence-corrected chi connectivity index (χ4v) is 4.50. The molecule has 0 bridgehead atoms. The summed E-state index contributed by atoms with van der Waals surface area (Å²) in [4.78, 5) is 31.5. The second kappa shape index (κ2) is 7.98. The predicted octanol–water partition coefficient (Wildman–Crippen LogP) is 4.54. The Labute approximate surface area is 180 Å². The lowest BCUT2D eigenvalue weighted by atomic mass is 9.95. The Morgan fingerprint density at radius 3 is 2.45 bits per heavy atom. The molecule has 9 heteroatoms. The van der Waals surface area contributed by atoms with Crippen LogP contribution < -0.4 is 4.90 Å². The molecule has 0 saturated carbocycles. The Bertz CT molecular complexity index is 1110. The third-order valence-electron chi connectivity index (χ3n) is 4.46. The van der Waals surface area contributed by atoms with Crippen LogP contribution in [0.1, 0.15) is 17.2 Å². The molecule has 1 aliphatic heterocycles. The van der Waals surface area contributed by atoms with Gasteiger partial charge in [-0.1, -0.05) is 65.8 Å². The van der Waals surface area contributed by atoms with Gasteiger partial charge in [0.25, 0.3) is 5.78 Å². The zero-order chi connectivity index (χ0) is 20.5. The van der Waals surface area contributed by atoms with Crippen molar-refractivity contribution in [1.82, 2.24) is 9.36 Å². The van der Waals surface area contributed by atoms with Gasteiger partial charge in [-0.15, -0.1) is 0 Å². The van der Waals surface area contributed by atoms with E-state index >= 15 is 0 Å². The fourth-order valence-electron chi connectivity index (χ4n) is 3.13. The third kappa shape index (κ3) is 3.55. The van der Waals surface area contributed by atoms with E-state index in [1.807, 2.05) is 6.26 Å². The molecule has 29 heavy (non-hydrogen) atoms. The number of thioether (sulfide) groups is 1. The van der Waals surface area contributed by atoms with Crippen LogP contribution in [0, 0.1) is 0 Å². The molecule has 0 radical (unpaired) electrons. The van der Waals surface area contributed by atoms with Crippen molar-refractivity contribution in [2.24, 2.45) is 0 Å². The van der Waals surface area contributed by atoms with Crippen LogP contribution in [0.25, 0.3) is 5.76 Å². The number of halogens is 1. The third-order valence-corrected chi connectivity index (χ3v) is 6.09. The molecule has 4 rings (SSSR count). The van der Waals surface area contributed by atoms with Gasteiger partial charge >= 0.3 is 5.91 Å². The summed E-state index contributed by atoms with van der Waals surface area (Å²) in [6.45, 7) is 0. The normalized spacial score (nSPS) is 18.4. The fraction of sp³-hybridized carbons (Fsp3) is 0.100. The lowest BCUT2D eigenvalue weighted by Crippen LogP contribution is -2.29. The van der Waals surface area contributed by atoms with E-state index in [1.54, 1.807) is 54.6 Å². The zero-order valence-electron chi connectivity index (χ0n) is 15.1. The number of aliphatic hydroxyl groups excluding tert-OH is 1. The molecule has 1 aliphatic rings. The first kappa shape index (κ1) is 19.6. The lowest BCUT2D eigenvalue weighted by molar-refractivity contribution is -0.132. The number of Topliss-reactive ketones (excluding diaryl/α,β-unsaturated/α-hetero) is 1. The number of aromatic nitrogens is 2. The molecule has 0 aliphatic carbocycles. The van der Waals surface area contributed by atoms with Crippen molar-refractivity contribution in [2.45, 2.75) is 11.2 Å². The van der Waals surface area contributed by atoms with Gasteiger partial charge in [-0.3, -0.25) is 14.5 Å². The van der Waals surface area contributed by atoms with E-state index in [2.05, 4.69) is 9.36 Å². The number of anilines is 1. The summed E-state index contributed by atoms with van der Waals surface area (Å²) in [7, 11) is 0. The molecule has 1 unspecified atom stereocenters. The van der Waals surface area contributed by atoms with E-state index in [-0.39, 0.29) is 11.3 Å². The van der Waals surface area contributed by atoms with Crippen LogP contribution >= 0.6 is 34.9 Å². The van der Waals surface area contributed by atoms with Crippen molar-refractivity contribution in [3.8, 4) is 0 Å². The standard InChI is InChI=1S/C20H14ClN3O3S2/c1-28-19-22-20(29-23-19)24-15(11-7-9-13(21)10-8-11)14(17(26)18(24)27)16(25)12-5-3-2-4-6-12/h2-10,15,25H,1H3/b16-14+. The summed E-state index contributed by atoms with van der Waals surface area (Å²) >= 11 is 8.38. The summed E-state index contributed by atoms with van der Waals surface area (Å²) < 4.78 is 4.20. The van der Waals surface area contributed by atoms with E-state index in [0.717, 1.165) is 11.5 Å². The minimum absolute atomic E-state index is 0.00410. The maximum atomic E-state index is 12.9. The zero-order valence-corrected chi connectivity index (χ0v) is 17.5. The van der Waals surface area contributed by atoms with Crippen LogP contribution in [0.2, 0.25) is 5.02 Å². The van der Waals surface area contributed by atoms with Gasteiger partial charge in [0.05, 0.1) is 11.6 Å². The molecule has 2 heterocycles. The van der Waals surface area contributed by atoms with Crippen molar-refractivity contribution in [3.05, 3.63) is 76.3 Å². The van der Waals surface area contributed by atoms with Crippen LogP contribution in [-0.4, -0.2) is 32.4 Å². The molecule has 146 valence electrons. The first-order valence-corrected chi connectivity index (χ1v) is 10.9. The number of carbonyl (C=O) groups excluding carboxylic acids is 2. The first-order chi connectivity index (χ1) is 14.0. The molecule has 1 N–H and O–H groups in total. The number of benzene rings is 2. The Morgan fingerprint density at radius 1 is 1.14 bits per heavy atom. The Balaban J connectivity index is 1.93. The van der Waals surface area contributed by atoms with Crippen molar-refractivity contribution >= 4 is 57.5 Å². The Morgan fingerprint density at radius 2 is 1.83 bits per heavy atom. The van der Waals surface area contributed by atoms with Crippen LogP contribution in [0.5, 0.6) is 0 Å². The van der Waals surface area contributed by atoms with Crippen molar-refractivity contribution in [3.63, 3.8) is 0 Å². The van der Waals surface area contributed by atoms with E-state index in [1.165, 1.54) is 16.7 Å². The number of hydrogen-bond acceptors (Lipinski definition) is 7. The molecule has 1 fully saturated rings. The second-order valence-electron chi connectivity index (χ2n) is 6.15. The van der Waals surface area contributed by atoms with Gasteiger partial charge in [-0.2, -0.15) is 9.36 Å². The number of carbonyl (C=O) groups is 2. The minimum atomic E-state index is -0.838. The molecule has 0 spiro atoms. The summed E-state index contributed by atoms with van der Waals surface area (Å²) in [5.41, 5.74) is 1.09. The number of rotatable bonds is 4. The second-order valence-corrected chi connectivity index (χ2v) is 8.09. The molecule has 2 aromatic carbocycles. The number of hydrogen-bond donors (Lipinski definition) is 1. The lowest BCUT2D eigenvalue weighted by Gasteiger charge is -2.22. The van der Waals surface area contributed by atoms with Gasteiger partial charge < -0.3 is 5.11 Å². The van der Waals surface area contributed by atoms with Crippen molar-refractivity contribution in [1.29, 1.82) is 0 Å². The molecular formula is C20H14ClN3O3S2. The van der Waals surface area contributed by atoms with E-state index in [4.69, 9.17) is 11.6 Å². The summed E-state index contributed by atoms with van der Waals surface area (Å²) in [5, 5.41) is 12.2. The molecule has 1 saturated heterocycles. The monoisotopic (exact) mass is 443 g/mol. The Kier molecular flexibility index (Phi) is 5.40. The number of nitrogens with zero attached hydrogens (tertiary/aromatic N) is 3. The highest BCUT2D eigenvalue weighted by atomic mass is 35.5. The topological polar surface area (TPSA) is 83.4 Å². The molecular weight excluding hydrogens is 430 g/mol. The molecule has 1 amide bonds. The van der Waals surface area contributed by atoms with Crippen molar-refractivity contribution < 1.29 is 14.7 Å². The van der Waals surface area contributed by atoms with Gasteiger partial charge in [0.15, 0.2) is 0 Å². The van der Waals surface area contributed by atoms with E-state index in [0.29, 0.717) is 26.4 Å². The van der Waals surface area contributed by atoms with Gasteiger partial charge in [0.1, 0.15) is 5.76 Å². The molecule has 1 aromatic heterocycles. The van der Waals surface area contributed by atoms with Crippen LogP contribution in [-0.2, 0) is 9.59 Å². The van der Waals surface area contributed by atoms with Crippen LogP contribution in [0.15, 0.2) is 65.3 Å². The summed E-state index contributed by atoms with van der Waals surface area (Å²) in [5.74, 6) is -1.76. The van der Waals surface area contributed by atoms with Crippen LogP contribution in [0.3, 0.4) is 0 Å². The first-order valence-electron chi connectivity index (χ1n) is 8.51. The molecule has 1 atom stereocenters. The van der Waals surface area contributed by atoms with Crippen LogP contribution in [0.4, 0.5) is 5.13 Å². The van der Waals surface area contributed by atoms with Gasteiger partial charge in [-0.25, -0.2) is 0 Å². The average Bonchev–Trinajstić information content (AvgIpc) is 3.32. The number of ketones is 1. The Hall–Kier alpha value is -2.68. The van der Waals surface area contributed by atoms with Gasteiger partial charge in [0, 0.05) is 22.1 Å². The number of aliphatic hydroxyl groups is 1. The van der Waals surface area contributed by atoms with Crippen molar-refractivity contribution in [2.75, 3.05) is 11.2 Å². The predicted molar refractivity (Wildman–Crippen MR) is 114 cm³/mol. The summed E-state index contributed by atoms with van der Waals surface area (Å²) in [6.07, 6.45) is 1.83. The highest BCUT2D eigenvalue weighted by molar-refractivity contribution is 7.98. The maximum Gasteiger partial charge on any atom is 0.301 e. The quantitative estimate of drug-likeness (QED) is 0.276. The smallest absolute Gasteiger partial charge is 0.301 e. The summed E-state index contributed by atoms with van der Waals surface area (Å²) in [6, 6.07) is 14.6. The number of amides is 1. The van der Waals surface area contributed by atoms with Gasteiger partial charge in [-0.05, 0) is 24.0 Å². The highest BCUT2D eigenvalue weighted by Gasteiger charge is 2.48. The maximum absolute atomic E-state index is 12.9.